The van der Waals surface area contributed by atoms with Crippen LogP contribution in [0, 0.1) is 0 Å². The van der Waals surface area contributed by atoms with Gasteiger partial charge in [0.15, 0.2) is 5.58 Å². The summed E-state index contributed by atoms with van der Waals surface area (Å²) in [6, 6.07) is 86.9. The van der Waals surface area contributed by atoms with Gasteiger partial charge in [0.05, 0.1) is 0 Å². The van der Waals surface area contributed by atoms with Gasteiger partial charge in [-0.15, -0.1) is 0 Å². The maximum absolute atomic E-state index is 6.36. The molecule has 0 fully saturated rings. The van der Waals surface area contributed by atoms with E-state index in [1.54, 1.807) is 0 Å². The van der Waals surface area contributed by atoms with Crippen molar-refractivity contribution >= 4 is 60.5 Å². The van der Waals surface area contributed by atoms with Gasteiger partial charge < -0.3 is 9.32 Å². The minimum Gasteiger partial charge on any atom is -0.436 e. The zero-order valence-corrected chi connectivity index (χ0v) is 34.9. The van der Waals surface area contributed by atoms with Gasteiger partial charge in [-0.25, -0.2) is 4.98 Å². The number of benzene rings is 11. The lowest BCUT2D eigenvalue weighted by atomic mass is 9.90. The lowest BCUT2D eigenvalue weighted by molar-refractivity contribution is 0.620. The summed E-state index contributed by atoms with van der Waals surface area (Å²) in [6.45, 7) is 0. The van der Waals surface area contributed by atoms with Crippen molar-refractivity contribution < 1.29 is 4.42 Å². The first-order chi connectivity index (χ1) is 31.7. The Balaban J connectivity index is 0.984. The molecule has 0 unspecified atom stereocenters. The monoisotopic (exact) mass is 816 g/mol. The highest BCUT2D eigenvalue weighted by molar-refractivity contribution is 6.06. The van der Waals surface area contributed by atoms with Crippen LogP contribution < -0.4 is 4.90 Å². The van der Waals surface area contributed by atoms with Crippen LogP contribution in [0.25, 0.3) is 99.4 Å². The number of nitrogens with zero attached hydrogens (tertiary/aromatic N) is 2. The standard InChI is InChI=1S/C61H40N2O/c1-3-14-41(15-4-1)46-22-11-24-51(38-46)63(53-32-34-57(58(40-53)44-17-5-2-6-18-44)56-27-13-21-43-19-9-10-26-54(43)56)52-25-12-23-47(39-52)48-30-33-55-49(36-48)31-35-59-60(55)62-61(64-59)50-29-28-42-16-7-8-20-45(42)37-50/h1-40H. The summed E-state index contributed by atoms with van der Waals surface area (Å²) in [7, 11) is 0. The summed E-state index contributed by atoms with van der Waals surface area (Å²) in [5.74, 6) is 0.627. The van der Waals surface area contributed by atoms with Crippen molar-refractivity contribution in [2.24, 2.45) is 0 Å². The van der Waals surface area contributed by atoms with Gasteiger partial charge in [-0.05, 0) is 132 Å². The van der Waals surface area contributed by atoms with Crippen molar-refractivity contribution in [1.82, 2.24) is 4.98 Å². The van der Waals surface area contributed by atoms with E-state index >= 15 is 0 Å². The van der Waals surface area contributed by atoms with Gasteiger partial charge in [0.2, 0.25) is 5.89 Å². The Bertz CT molecular complexity index is 3680. The average molecular weight is 817 g/mol. The smallest absolute Gasteiger partial charge is 0.227 e. The van der Waals surface area contributed by atoms with E-state index in [1.165, 1.54) is 44.0 Å². The molecule has 0 N–H and O–H groups in total. The molecule has 0 aliphatic carbocycles. The fourth-order valence-corrected chi connectivity index (χ4v) is 9.29. The number of rotatable bonds is 8. The number of fused-ring (bicyclic) bond motifs is 5. The van der Waals surface area contributed by atoms with E-state index in [4.69, 9.17) is 9.40 Å². The molecule has 12 aromatic rings. The predicted molar refractivity (Wildman–Crippen MR) is 268 cm³/mol. The van der Waals surface area contributed by atoms with Crippen molar-refractivity contribution in [2.75, 3.05) is 4.90 Å². The molecule has 0 amide bonds. The third-order valence-corrected chi connectivity index (χ3v) is 12.4. The average Bonchev–Trinajstić information content (AvgIpc) is 3.82. The van der Waals surface area contributed by atoms with Crippen molar-refractivity contribution in [3.63, 3.8) is 0 Å². The van der Waals surface area contributed by atoms with Crippen LogP contribution in [0.5, 0.6) is 0 Å². The molecule has 11 aromatic carbocycles. The van der Waals surface area contributed by atoms with Gasteiger partial charge in [0.25, 0.3) is 0 Å². The zero-order chi connectivity index (χ0) is 42.4. The Kier molecular flexibility index (Phi) is 9.16. The summed E-state index contributed by atoms with van der Waals surface area (Å²) in [6.07, 6.45) is 0. The Hall–Kier alpha value is -8.53. The molecule has 64 heavy (non-hydrogen) atoms. The summed E-state index contributed by atoms with van der Waals surface area (Å²) >= 11 is 0. The fraction of sp³-hybridized carbons (Fsp3) is 0. The quantitative estimate of drug-likeness (QED) is 0.153. The molecule has 12 rings (SSSR count). The van der Waals surface area contributed by atoms with Crippen molar-refractivity contribution in [3.8, 4) is 56.0 Å². The molecule has 1 heterocycles. The van der Waals surface area contributed by atoms with Gasteiger partial charge >= 0.3 is 0 Å². The van der Waals surface area contributed by atoms with E-state index in [0.29, 0.717) is 5.89 Å². The van der Waals surface area contributed by atoms with Crippen LogP contribution in [0.2, 0.25) is 0 Å². The second-order valence-electron chi connectivity index (χ2n) is 16.4. The van der Waals surface area contributed by atoms with Crippen molar-refractivity contribution in [2.45, 2.75) is 0 Å². The highest BCUT2D eigenvalue weighted by Crippen LogP contribution is 2.44. The molecule has 300 valence electrons. The second kappa shape index (κ2) is 15.7. The van der Waals surface area contributed by atoms with Gasteiger partial charge in [-0.1, -0.05) is 182 Å². The molecule has 1 aromatic heterocycles. The van der Waals surface area contributed by atoms with E-state index in [2.05, 4.69) is 241 Å². The third-order valence-electron chi connectivity index (χ3n) is 12.4. The Morgan fingerprint density at radius 3 is 1.67 bits per heavy atom. The SMILES string of the molecule is c1ccc(-c2cccc(N(c3cccc(-c4ccc5c(ccc6oc(-c7ccc8ccccc8c7)nc65)c4)c3)c3ccc(-c4cccc5ccccc45)c(-c4ccccc4)c3)c2)cc1. The van der Waals surface area contributed by atoms with E-state index in [0.717, 1.165) is 66.6 Å². The fourth-order valence-electron chi connectivity index (χ4n) is 9.29. The molecule has 0 saturated carbocycles. The van der Waals surface area contributed by atoms with E-state index in [1.807, 2.05) is 6.07 Å². The topological polar surface area (TPSA) is 29.3 Å². The maximum Gasteiger partial charge on any atom is 0.227 e. The number of hydrogen-bond acceptors (Lipinski definition) is 3. The molecule has 0 radical (unpaired) electrons. The Morgan fingerprint density at radius 2 is 0.875 bits per heavy atom. The molecule has 0 bridgehead atoms. The minimum absolute atomic E-state index is 0.627. The largest absolute Gasteiger partial charge is 0.436 e. The normalized spacial score (nSPS) is 11.4. The number of aromatic nitrogens is 1. The molecule has 0 aliphatic rings. The second-order valence-corrected chi connectivity index (χ2v) is 16.4. The first kappa shape index (κ1) is 37.2. The van der Waals surface area contributed by atoms with E-state index in [-0.39, 0.29) is 0 Å². The van der Waals surface area contributed by atoms with Gasteiger partial charge in [0, 0.05) is 28.0 Å². The summed E-state index contributed by atoms with van der Waals surface area (Å²) in [5.41, 5.74) is 15.2. The van der Waals surface area contributed by atoms with E-state index in [9.17, 15) is 0 Å². The van der Waals surface area contributed by atoms with Gasteiger partial charge in [0.1, 0.15) is 5.52 Å². The molecule has 3 nitrogen and oxygen atoms in total. The van der Waals surface area contributed by atoms with Crippen LogP contribution in [0.3, 0.4) is 0 Å². The van der Waals surface area contributed by atoms with Crippen molar-refractivity contribution in [1.29, 1.82) is 0 Å². The zero-order valence-electron chi connectivity index (χ0n) is 34.9. The van der Waals surface area contributed by atoms with Crippen LogP contribution in [0.1, 0.15) is 0 Å². The molecule has 0 saturated heterocycles. The molecule has 3 heteroatoms. The van der Waals surface area contributed by atoms with Crippen LogP contribution in [0.15, 0.2) is 247 Å². The first-order valence-electron chi connectivity index (χ1n) is 21.8. The summed E-state index contributed by atoms with van der Waals surface area (Å²) in [5, 5.41) is 6.99. The molecular weight excluding hydrogens is 777 g/mol. The van der Waals surface area contributed by atoms with Gasteiger partial charge in [-0.3, -0.25) is 0 Å². The van der Waals surface area contributed by atoms with Crippen LogP contribution in [-0.2, 0) is 0 Å². The van der Waals surface area contributed by atoms with Crippen molar-refractivity contribution in [3.05, 3.63) is 243 Å². The number of anilines is 3. The highest BCUT2D eigenvalue weighted by atomic mass is 16.3. The molecule has 0 spiro atoms. The molecule has 0 atom stereocenters. The highest BCUT2D eigenvalue weighted by Gasteiger charge is 2.19. The Labute approximate surface area is 371 Å². The summed E-state index contributed by atoms with van der Waals surface area (Å²) in [4.78, 5) is 7.44. The molecular formula is C61H40N2O. The van der Waals surface area contributed by atoms with Crippen LogP contribution >= 0.6 is 0 Å². The van der Waals surface area contributed by atoms with Gasteiger partial charge in [-0.2, -0.15) is 0 Å². The third kappa shape index (κ3) is 6.77. The summed E-state index contributed by atoms with van der Waals surface area (Å²) < 4.78 is 6.36. The first-order valence-corrected chi connectivity index (χ1v) is 21.8. The Morgan fingerprint density at radius 1 is 0.297 bits per heavy atom. The van der Waals surface area contributed by atoms with Crippen LogP contribution in [0.4, 0.5) is 17.1 Å². The number of hydrogen-bond donors (Lipinski definition) is 0. The lowest BCUT2D eigenvalue weighted by Crippen LogP contribution is -2.10. The predicted octanol–water partition coefficient (Wildman–Crippen LogP) is 17.1. The van der Waals surface area contributed by atoms with Crippen LogP contribution in [-0.4, -0.2) is 4.98 Å². The van der Waals surface area contributed by atoms with E-state index < -0.39 is 0 Å². The minimum atomic E-state index is 0.627. The maximum atomic E-state index is 6.36. The molecule has 0 aliphatic heterocycles. The lowest BCUT2D eigenvalue weighted by Gasteiger charge is -2.28. The number of oxazole rings is 1.